The van der Waals surface area contributed by atoms with Crippen molar-refractivity contribution in [3.05, 3.63) is 35.9 Å². The second-order valence-electron chi connectivity index (χ2n) is 5.19. The molecule has 1 aliphatic carbocycles. The van der Waals surface area contributed by atoms with Gasteiger partial charge < -0.3 is 9.47 Å². The van der Waals surface area contributed by atoms with Gasteiger partial charge in [-0.2, -0.15) is 0 Å². The lowest BCUT2D eigenvalue weighted by molar-refractivity contribution is -0.0801. The number of benzene rings is 1. The maximum Gasteiger partial charge on any atom is 0.0720 e. The maximum absolute atomic E-state index is 5.93. The van der Waals surface area contributed by atoms with E-state index in [2.05, 4.69) is 29.2 Å². The number of nitrogens with zero attached hydrogens (tertiary/aromatic N) is 1. The zero-order chi connectivity index (χ0) is 12.2. The molecule has 1 saturated carbocycles. The third kappa shape index (κ3) is 2.91. The van der Waals surface area contributed by atoms with Crippen LogP contribution in [-0.2, 0) is 16.1 Å². The number of hydrogen-bond donors (Lipinski definition) is 0. The lowest BCUT2D eigenvalue weighted by Gasteiger charge is -2.44. The summed E-state index contributed by atoms with van der Waals surface area (Å²) in [5.41, 5.74) is 1.27. The molecule has 1 saturated heterocycles. The van der Waals surface area contributed by atoms with Crippen molar-refractivity contribution in [2.75, 3.05) is 26.3 Å². The fourth-order valence-electron chi connectivity index (χ4n) is 2.70. The molecule has 0 unspecified atom stereocenters. The third-order valence-corrected chi connectivity index (χ3v) is 3.96. The van der Waals surface area contributed by atoms with E-state index in [1.165, 1.54) is 18.4 Å². The van der Waals surface area contributed by atoms with E-state index < -0.39 is 0 Å². The molecule has 0 bridgehead atoms. The fraction of sp³-hybridized carbons (Fsp3) is 0.600. The molecule has 1 aromatic carbocycles. The van der Waals surface area contributed by atoms with Gasteiger partial charge in [-0.1, -0.05) is 30.3 Å². The first-order valence-electron chi connectivity index (χ1n) is 6.89. The number of morpholine rings is 1. The van der Waals surface area contributed by atoms with Gasteiger partial charge in [0.1, 0.15) is 0 Å². The minimum absolute atomic E-state index is 0.457. The molecule has 3 heteroatoms. The van der Waals surface area contributed by atoms with Crippen LogP contribution in [0.1, 0.15) is 18.4 Å². The van der Waals surface area contributed by atoms with Crippen molar-refractivity contribution in [3.63, 3.8) is 0 Å². The summed E-state index contributed by atoms with van der Waals surface area (Å²) < 4.78 is 11.3. The van der Waals surface area contributed by atoms with E-state index in [1.807, 2.05) is 6.07 Å². The quantitative estimate of drug-likeness (QED) is 0.813. The second kappa shape index (κ2) is 5.83. The highest BCUT2D eigenvalue weighted by Gasteiger charge is 2.34. The fourth-order valence-corrected chi connectivity index (χ4v) is 2.70. The van der Waals surface area contributed by atoms with Crippen LogP contribution in [0.4, 0.5) is 0 Å². The van der Waals surface area contributed by atoms with Gasteiger partial charge in [0.05, 0.1) is 25.9 Å². The SMILES string of the molecule is c1ccc(CO[C@H]2C[C@@H](N3CCOCC3)C2)cc1. The number of rotatable bonds is 4. The van der Waals surface area contributed by atoms with Gasteiger partial charge in [-0.15, -0.1) is 0 Å². The summed E-state index contributed by atoms with van der Waals surface area (Å²) in [7, 11) is 0. The average molecular weight is 247 g/mol. The average Bonchev–Trinajstić information content (AvgIpc) is 2.39. The minimum Gasteiger partial charge on any atom is -0.379 e. The molecule has 0 spiro atoms. The Balaban J connectivity index is 1.37. The van der Waals surface area contributed by atoms with Gasteiger partial charge in [0.2, 0.25) is 0 Å². The second-order valence-corrected chi connectivity index (χ2v) is 5.19. The summed E-state index contributed by atoms with van der Waals surface area (Å²) in [5, 5.41) is 0. The molecule has 0 aromatic heterocycles. The molecule has 3 nitrogen and oxygen atoms in total. The highest BCUT2D eigenvalue weighted by atomic mass is 16.5. The normalized spacial score (nSPS) is 28.9. The third-order valence-electron chi connectivity index (χ3n) is 3.96. The first kappa shape index (κ1) is 12.2. The monoisotopic (exact) mass is 247 g/mol. The summed E-state index contributed by atoms with van der Waals surface area (Å²) in [6.45, 7) is 4.73. The van der Waals surface area contributed by atoms with Gasteiger partial charge in [0.15, 0.2) is 0 Å². The van der Waals surface area contributed by atoms with Crippen molar-refractivity contribution in [1.29, 1.82) is 0 Å². The van der Waals surface area contributed by atoms with Gasteiger partial charge in [-0.3, -0.25) is 4.90 Å². The topological polar surface area (TPSA) is 21.7 Å². The summed E-state index contributed by atoms with van der Waals surface area (Å²) >= 11 is 0. The van der Waals surface area contributed by atoms with Crippen LogP contribution in [0, 0.1) is 0 Å². The zero-order valence-electron chi connectivity index (χ0n) is 10.8. The van der Waals surface area contributed by atoms with E-state index >= 15 is 0 Å². The molecule has 1 aliphatic heterocycles. The molecule has 18 heavy (non-hydrogen) atoms. The van der Waals surface area contributed by atoms with Crippen LogP contribution in [0.2, 0.25) is 0 Å². The highest BCUT2D eigenvalue weighted by molar-refractivity contribution is 5.13. The van der Waals surface area contributed by atoms with Crippen molar-refractivity contribution >= 4 is 0 Å². The van der Waals surface area contributed by atoms with Gasteiger partial charge in [0.25, 0.3) is 0 Å². The van der Waals surface area contributed by atoms with E-state index in [0.717, 1.165) is 39.0 Å². The molecule has 98 valence electrons. The summed E-state index contributed by atoms with van der Waals surface area (Å²) in [5.74, 6) is 0. The van der Waals surface area contributed by atoms with Gasteiger partial charge in [-0.25, -0.2) is 0 Å². The van der Waals surface area contributed by atoms with Gasteiger partial charge in [0, 0.05) is 19.1 Å². The smallest absolute Gasteiger partial charge is 0.0720 e. The lowest BCUT2D eigenvalue weighted by atomic mass is 9.87. The number of ether oxygens (including phenoxy) is 2. The first-order chi connectivity index (χ1) is 8.92. The maximum atomic E-state index is 5.93. The Hall–Kier alpha value is -0.900. The Kier molecular flexibility index (Phi) is 3.93. The molecule has 3 rings (SSSR count). The molecule has 2 fully saturated rings. The Morgan fingerprint density at radius 2 is 1.83 bits per heavy atom. The molecule has 0 atom stereocenters. The minimum atomic E-state index is 0.457. The van der Waals surface area contributed by atoms with E-state index in [0.29, 0.717) is 6.10 Å². The number of hydrogen-bond acceptors (Lipinski definition) is 3. The standard InChI is InChI=1S/C15H21NO2/c1-2-4-13(5-3-1)12-18-15-10-14(11-15)16-6-8-17-9-7-16/h1-5,14-15H,6-12H2/t14-,15+. The van der Waals surface area contributed by atoms with E-state index in [-0.39, 0.29) is 0 Å². The molecule has 0 N–H and O–H groups in total. The predicted octanol–water partition coefficient (Wildman–Crippen LogP) is 2.07. The largest absolute Gasteiger partial charge is 0.379 e. The van der Waals surface area contributed by atoms with Crippen LogP contribution in [0.15, 0.2) is 30.3 Å². The molecular formula is C15H21NO2. The van der Waals surface area contributed by atoms with Crippen LogP contribution in [0.5, 0.6) is 0 Å². The van der Waals surface area contributed by atoms with Crippen LogP contribution < -0.4 is 0 Å². The Bertz CT molecular complexity index is 356. The van der Waals surface area contributed by atoms with Crippen molar-refractivity contribution in [1.82, 2.24) is 4.90 Å². The Morgan fingerprint density at radius 1 is 1.11 bits per heavy atom. The Labute approximate surface area is 109 Å². The highest BCUT2D eigenvalue weighted by Crippen LogP contribution is 2.29. The Morgan fingerprint density at radius 3 is 2.56 bits per heavy atom. The zero-order valence-corrected chi connectivity index (χ0v) is 10.8. The van der Waals surface area contributed by atoms with Gasteiger partial charge >= 0.3 is 0 Å². The van der Waals surface area contributed by atoms with Crippen molar-refractivity contribution in [3.8, 4) is 0 Å². The van der Waals surface area contributed by atoms with Crippen LogP contribution in [-0.4, -0.2) is 43.3 Å². The van der Waals surface area contributed by atoms with Crippen LogP contribution in [0.25, 0.3) is 0 Å². The summed E-state index contributed by atoms with van der Waals surface area (Å²) in [6.07, 6.45) is 2.83. The van der Waals surface area contributed by atoms with E-state index in [9.17, 15) is 0 Å². The molecule has 1 aromatic rings. The molecule has 2 aliphatic rings. The van der Waals surface area contributed by atoms with Crippen LogP contribution in [0.3, 0.4) is 0 Å². The van der Waals surface area contributed by atoms with Crippen molar-refractivity contribution in [2.45, 2.75) is 31.6 Å². The molecule has 1 heterocycles. The molecular weight excluding hydrogens is 226 g/mol. The predicted molar refractivity (Wildman–Crippen MR) is 70.4 cm³/mol. The van der Waals surface area contributed by atoms with Gasteiger partial charge in [-0.05, 0) is 18.4 Å². The summed E-state index contributed by atoms with van der Waals surface area (Å²) in [6, 6.07) is 11.2. The lowest BCUT2D eigenvalue weighted by Crippen LogP contribution is -2.52. The van der Waals surface area contributed by atoms with Crippen molar-refractivity contribution in [2.24, 2.45) is 0 Å². The van der Waals surface area contributed by atoms with E-state index in [4.69, 9.17) is 9.47 Å². The molecule has 0 amide bonds. The summed E-state index contributed by atoms with van der Waals surface area (Å²) in [4.78, 5) is 2.55. The van der Waals surface area contributed by atoms with Crippen LogP contribution >= 0.6 is 0 Å². The molecule has 0 radical (unpaired) electrons. The van der Waals surface area contributed by atoms with Crippen molar-refractivity contribution < 1.29 is 9.47 Å². The first-order valence-corrected chi connectivity index (χ1v) is 6.89. The van der Waals surface area contributed by atoms with E-state index in [1.54, 1.807) is 0 Å².